The van der Waals surface area contributed by atoms with Gasteiger partial charge in [0.2, 0.25) is 11.8 Å². The Morgan fingerprint density at radius 3 is 2.00 bits per heavy atom. The molecule has 3 unspecified atom stereocenters. The van der Waals surface area contributed by atoms with Crippen molar-refractivity contribution in [2.75, 3.05) is 32.7 Å². The molecule has 3 aliphatic rings. The van der Waals surface area contributed by atoms with Gasteiger partial charge in [-0.2, -0.15) is 0 Å². The van der Waals surface area contributed by atoms with Crippen LogP contribution in [0.25, 0.3) is 0 Å². The minimum atomic E-state index is -0.100. The molecule has 3 rings (SSSR count). The van der Waals surface area contributed by atoms with E-state index in [-0.39, 0.29) is 41.5 Å². The first-order valence-electron chi connectivity index (χ1n) is 9.32. The van der Waals surface area contributed by atoms with Crippen LogP contribution in [0.5, 0.6) is 0 Å². The van der Waals surface area contributed by atoms with Gasteiger partial charge >= 0.3 is 0 Å². The predicted molar refractivity (Wildman–Crippen MR) is 96.9 cm³/mol. The summed E-state index contributed by atoms with van der Waals surface area (Å²) in [7, 11) is 0. The smallest absolute Gasteiger partial charge is 0.226 e. The summed E-state index contributed by atoms with van der Waals surface area (Å²) in [6, 6.07) is 0. The lowest BCUT2D eigenvalue weighted by atomic mass is 9.77. The fourth-order valence-electron chi connectivity index (χ4n) is 4.51. The van der Waals surface area contributed by atoms with Crippen molar-refractivity contribution in [3.05, 3.63) is 0 Å². The van der Waals surface area contributed by atoms with E-state index in [1.165, 1.54) is 0 Å². The molecule has 1 aliphatic carbocycles. The van der Waals surface area contributed by atoms with Crippen molar-refractivity contribution < 1.29 is 9.59 Å². The van der Waals surface area contributed by atoms with E-state index in [9.17, 15) is 9.59 Å². The van der Waals surface area contributed by atoms with Gasteiger partial charge in [0.15, 0.2) is 0 Å². The molecule has 2 saturated heterocycles. The van der Waals surface area contributed by atoms with E-state index in [2.05, 4.69) is 6.92 Å². The lowest BCUT2D eigenvalue weighted by molar-refractivity contribution is -0.147. The van der Waals surface area contributed by atoms with E-state index < -0.39 is 0 Å². The zero-order valence-electron chi connectivity index (χ0n) is 14.8. The summed E-state index contributed by atoms with van der Waals surface area (Å²) >= 11 is 0. The van der Waals surface area contributed by atoms with E-state index >= 15 is 0 Å². The predicted octanol–water partition coefficient (Wildman–Crippen LogP) is 2.03. The Morgan fingerprint density at radius 1 is 0.958 bits per heavy atom. The minimum Gasteiger partial charge on any atom is -0.342 e. The van der Waals surface area contributed by atoms with Gasteiger partial charge in [-0.1, -0.05) is 19.8 Å². The molecular formula is C18H32ClN3O2. The van der Waals surface area contributed by atoms with Gasteiger partial charge in [-0.3, -0.25) is 9.59 Å². The summed E-state index contributed by atoms with van der Waals surface area (Å²) in [5.74, 6) is 0.261. The van der Waals surface area contributed by atoms with E-state index in [0.717, 1.165) is 71.1 Å². The minimum absolute atomic E-state index is 0. The number of rotatable bonds is 3. The molecule has 2 aliphatic heterocycles. The van der Waals surface area contributed by atoms with Crippen LogP contribution in [0.15, 0.2) is 0 Å². The number of amides is 2. The normalized spacial score (nSPS) is 33.4. The fourth-order valence-corrected chi connectivity index (χ4v) is 4.51. The number of halogens is 1. The Balaban J connectivity index is 0.00000208. The third-order valence-corrected chi connectivity index (χ3v) is 6.18. The van der Waals surface area contributed by atoms with Gasteiger partial charge in [-0.25, -0.2) is 0 Å². The van der Waals surface area contributed by atoms with Gasteiger partial charge in [-0.05, 0) is 44.1 Å². The Hall–Kier alpha value is -0.810. The first-order valence-corrected chi connectivity index (χ1v) is 9.32. The molecule has 2 heterocycles. The van der Waals surface area contributed by atoms with E-state index in [4.69, 9.17) is 5.73 Å². The van der Waals surface area contributed by atoms with Crippen molar-refractivity contribution >= 4 is 24.2 Å². The highest BCUT2D eigenvalue weighted by atomic mass is 35.5. The van der Waals surface area contributed by atoms with Crippen molar-refractivity contribution in [3.63, 3.8) is 0 Å². The molecule has 2 amide bonds. The number of carbonyl (C=O) groups excluding carboxylic acids is 2. The van der Waals surface area contributed by atoms with Crippen molar-refractivity contribution in [1.82, 2.24) is 9.80 Å². The molecule has 5 nitrogen and oxygen atoms in total. The van der Waals surface area contributed by atoms with Crippen LogP contribution in [0.2, 0.25) is 0 Å². The molecule has 0 bridgehead atoms. The van der Waals surface area contributed by atoms with E-state index in [1.54, 1.807) is 0 Å². The van der Waals surface area contributed by atoms with Gasteiger partial charge in [0.1, 0.15) is 0 Å². The molecule has 6 heteroatoms. The third kappa shape index (κ3) is 3.88. The molecule has 0 aromatic heterocycles. The molecule has 0 radical (unpaired) electrons. The Labute approximate surface area is 151 Å². The molecule has 24 heavy (non-hydrogen) atoms. The topological polar surface area (TPSA) is 66.6 Å². The van der Waals surface area contributed by atoms with Gasteiger partial charge < -0.3 is 15.5 Å². The quantitative estimate of drug-likeness (QED) is 0.840. The standard InChI is InChI=1S/C18H31N3O2.ClH/c1-18(12-19)8-11-21(13-18)17(23)15-7-3-2-6-14(15)16(22)20-9-4-5-10-20;/h14-15H,2-13,19H2,1H3;1H. The first kappa shape index (κ1) is 19.5. The van der Waals surface area contributed by atoms with E-state index in [1.807, 2.05) is 9.80 Å². The first-order chi connectivity index (χ1) is 11.0. The lowest BCUT2D eigenvalue weighted by Crippen LogP contribution is -2.46. The van der Waals surface area contributed by atoms with Crippen molar-refractivity contribution in [2.45, 2.75) is 51.9 Å². The van der Waals surface area contributed by atoms with Crippen LogP contribution in [0, 0.1) is 17.3 Å². The molecule has 3 atom stereocenters. The van der Waals surface area contributed by atoms with Crippen LogP contribution in [-0.2, 0) is 9.59 Å². The van der Waals surface area contributed by atoms with Crippen LogP contribution in [0.4, 0.5) is 0 Å². The summed E-state index contributed by atoms with van der Waals surface area (Å²) in [6.07, 6.45) is 7.10. The van der Waals surface area contributed by atoms with Crippen molar-refractivity contribution in [1.29, 1.82) is 0 Å². The highest BCUT2D eigenvalue weighted by molar-refractivity contribution is 5.88. The number of likely N-dealkylation sites (tertiary alicyclic amines) is 2. The number of carbonyl (C=O) groups is 2. The summed E-state index contributed by atoms with van der Waals surface area (Å²) in [5, 5.41) is 0. The SMILES string of the molecule is CC1(CN)CCN(C(=O)C2CCCCC2C(=O)N2CCCC2)C1.Cl. The zero-order valence-corrected chi connectivity index (χ0v) is 15.7. The molecule has 0 aromatic rings. The maximum absolute atomic E-state index is 13.0. The van der Waals surface area contributed by atoms with Gasteiger partial charge in [-0.15, -0.1) is 12.4 Å². The fraction of sp³-hybridized carbons (Fsp3) is 0.889. The molecule has 138 valence electrons. The van der Waals surface area contributed by atoms with Crippen LogP contribution >= 0.6 is 12.4 Å². The molecular weight excluding hydrogens is 326 g/mol. The molecule has 0 spiro atoms. The van der Waals surface area contributed by atoms with Crippen molar-refractivity contribution in [3.8, 4) is 0 Å². The summed E-state index contributed by atoms with van der Waals surface area (Å²) in [6.45, 7) is 6.10. The third-order valence-electron chi connectivity index (χ3n) is 6.18. The van der Waals surface area contributed by atoms with Crippen LogP contribution in [-0.4, -0.2) is 54.3 Å². The summed E-state index contributed by atoms with van der Waals surface area (Å²) < 4.78 is 0. The van der Waals surface area contributed by atoms with Gasteiger partial charge in [0, 0.05) is 38.0 Å². The highest BCUT2D eigenvalue weighted by Gasteiger charge is 2.43. The van der Waals surface area contributed by atoms with E-state index in [0.29, 0.717) is 6.54 Å². The number of nitrogens with two attached hydrogens (primary N) is 1. The molecule has 2 N–H and O–H groups in total. The van der Waals surface area contributed by atoms with Gasteiger partial charge in [0.25, 0.3) is 0 Å². The second-order valence-electron chi connectivity index (χ2n) is 8.05. The van der Waals surface area contributed by atoms with Crippen molar-refractivity contribution in [2.24, 2.45) is 23.0 Å². The average Bonchev–Trinajstić information content (AvgIpc) is 3.24. The summed E-state index contributed by atoms with van der Waals surface area (Å²) in [5.41, 5.74) is 5.92. The van der Waals surface area contributed by atoms with Crippen LogP contribution in [0.3, 0.4) is 0 Å². The highest BCUT2D eigenvalue weighted by Crippen LogP contribution is 2.36. The second kappa shape index (κ2) is 8.05. The maximum Gasteiger partial charge on any atom is 0.226 e. The van der Waals surface area contributed by atoms with Gasteiger partial charge in [0.05, 0.1) is 0 Å². The average molecular weight is 358 g/mol. The number of hydrogen-bond acceptors (Lipinski definition) is 3. The maximum atomic E-state index is 13.0. The molecule has 3 fully saturated rings. The Bertz CT molecular complexity index is 467. The molecule has 1 saturated carbocycles. The Kier molecular flexibility index (Phi) is 6.54. The number of nitrogens with zero attached hydrogens (tertiary/aromatic N) is 2. The monoisotopic (exact) mass is 357 g/mol. The Morgan fingerprint density at radius 2 is 1.50 bits per heavy atom. The number of hydrogen-bond donors (Lipinski definition) is 1. The molecule has 0 aromatic carbocycles. The summed E-state index contributed by atoms with van der Waals surface area (Å²) in [4.78, 5) is 29.9. The zero-order chi connectivity index (χ0) is 16.4. The second-order valence-corrected chi connectivity index (χ2v) is 8.05. The lowest BCUT2D eigenvalue weighted by Gasteiger charge is -2.35. The van der Waals surface area contributed by atoms with Crippen LogP contribution < -0.4 is 5.73 Å². The largest absolute Gasteiger partial charge is 0.342 e. The van der Waals surface area contributed by atoms with Crippen LogP contribution in [0.1, 0.15) is 51.9 Å².